The van der Waals surface area contributed by atoms with Crippen molar-refractivity contribution in [1.29, 1.82) is 0 Å². The molecule has 1 rings (SSSR count). The Labute approximate surface area is 159 Å². The van der Waals surface area contributed by atoms with Gasteiger partial charge in [-0.3, -0.25) is 9.59 Å². The normalized spacial score (nSPS) is 29.3. The van der Waals surface area contributed by atoms with Gasteiger partial charge in [0.15, 0.2) is 6.10 Å². The van der Waals surface area contributed by atoms with Crippen molar-refractivity contribution < 1.29 is 23.8 Å². The summed E-state index contributed by atoms with van der Waals surface area (Å²) < 4.78 is 18.2. The van der Waals surface area contributed by atoms with Crippen molar-refractivity contribution in [1.82, 2.24) is 0 Å². The van der Waals surface area contributed by atoms with Gasteiger partial charge in [0.05, 0.1) is 11.8 Å². The lowest BCUT2D eigenvalue weighted by molar-refractivity contribution is -0.254. The first-order valence-electron chi connectivity index (χ1n) is 10.1. The minimum atomic E-state index is -0.887. The molecule has 0 amide bonds. The van der Waals surface area contributed by atoms with E-state index in [1.165, 1.54) is 0 Å². The predicted octanol–water partition coefficient (Wildman–Crippen LogP) is 4.52. The Bertz CT molecular complexity index is 485. The zero-order valence-corrected chi connectivity index (χ0v) is 17.9. The molecule has 1 aliphatic rings. The van der Waals surface area contributed by atoms with Gasteiger partial charge in [-0.05, 0) is 38.5 Å². The molecule has 1 aliphatic carbocycles. The topological polar surface area (TPSA) is 61.8 Å². The van der Waals surface area contributed by atoms with E-state index in [9.17, 15) is 9.59 Å². The van der Waals surface area contributed by atoms with Gasteiger partial charge in [-0.1, -0.05) is 48.5 Å². The summed E-state index contributed by atoms with van der Waals surface area (Å²) in [4.78, 5) is 24.9. The number of carbonyl (C=O) groups is 2. The third-order valence-corrected chi connectivity index (χ3v) is 5.30. The second kappa shape index (κ2) is 9.20. The van der Waals surface area contributed by atoms with Crippen LogP contribution in [0.2, 0.25) is 0 Å². The summed E-state index contributed by atoms with van der Waals surface area (Å²) in [5.41, 5.74) is -1.53. The Morgan fingerprint density at radius 3 is 2.04 bits per heavy atom. The lowest BCUT2D eigenvalue weighted by atomic mass is 9.67. The van der Waals surface area contributed by atoms with E-state index in [-0.39, 0.29) is 29.7 Å². The quantitative estimate of drug-likeness (QED) is 0.588. The van der Waals surface area contributed by atoms with Gasteiger partial charge in [-0.2, -0.15) is 0 Å². The molecule has 0 spiro atoms. The molecule has 3 atom stereocenters. The Balaban J connectivity index is 3.33. The van der Waals surface area contributed by atoms with E-state index in [0.717, 1.165) is 19.3 Å². The summed E-state index contributed by atoms with van der Waals surface area (Å²) >= 11 is 0. The summed E-state index contributed by atoms with van der Waals surface area (Å²) in [6.45, 7) is 16.0. The van der Waals surface area contributed by atoms with E-state index in [2.05, 4.69) is 20.8 Å². The number of ether oxygens (including phenoxy) is 3. The molecule has 0 bridgehead atoms. The third kappa shape index (κ3) is 4.99. The van der Waals surface area contributed by atoms with Crippen LogP contribution in [-0.2, 0) is 23.8 Å². The standard InChI is InChI=1S/C21H38O5/c1-9-13-24-21(16(6)7)12-10-11-20(8,26-18(23)15(4)5)19(21)25-17(22)14(2)3/h14-16,19H,9-13H2,1-8H3. The van der Waals surface area contributed by atoms with Crippen LogP contribution in [0.5, 0.6) is 0 Å². The molecule has 0 aliphatic heterocycles. The van der Waals surface area contributed by atoms with Gasteiger partial charge >= 0.3 is 11.9 Å². The van der Waals surface area contributed by atoms with Crippen LogP contribution in [0.4, 0.5) is 0 Å². The van der Waals surface area contributed by atoms with Crippen molar-refractivity contribution in [3.63, 3.8) is 0 Å². The minimum absolute atomic E-state index is 0.122. The molecule has 0 saturated heterocycles. The molecule has 0 N–H and O–H groups in total. The van der Waals surface area contributed by atoms with Crippen LogP contribution in [0.15, 0.2) is 0 Å². The van der Waals surface area contributed by atoms with E-state index >= 15 is 0 Å². The fourth-order valence-corrected chi connectivity index (χ4v) is 3.62. The summed E-state index contributed by atoms with van der Waals surface area (Å²) in [5, 5.41) is 0. The molecule has 3 unspecified atom stereocenters. The highest BCUT2D eigenvalue weighted by Gasteiger charge is 2.58. The molecule has 5 heteroatoms. The molecular weight excluding hydrogens is 332 g/mol. The molecule has 26 heavy (non-hydrogen) atoms. The molecule has 0 aromatic heterocycles. The van der Waals surface area contributed by atoms with E-state index in [1.807, 2.05) is 34.6 Å². The van der Waals surface area contributed by atoms with Crippen molar-refractivity contribution >= 4 is 11.9 Å². The van der Waals surface area contributed by atoms with E-state index in [0.29, 0.717) is 13.0 Å². The van der Waals surface area contributed by atoms with Gasteiger partial charge < -0.3 is 14.2 Å². The molecule has 0 radical (unpaired) electrons. The fourth-order valence-electron chi connectivity index (χ4n) is 3.62. The number of hydrogen-bond acceptors (Lipinski definition) is 5. The zero-order chi connectivity index (χ0) is 20.1. The fraction of sp³-hybridized carbons (Fsp3) is 0.905. The monoisotopic (exact) mass is 370 g/mol. The van der Waals surface area contributed by atoms with Gasteiger partial charge in [0.2, 0.25) is 0 Å². The first-order chi connectivity index (χ1) is 12.0. The highest BCUT2D eigenvalue weighted by molar-refractivity contribution is 5.73. The molecule has 1 fully saturated rings. The maximum absolute atomic E-state index is 12.5. The van der Waals surface area contributed by atoms with Crippen LogP contribution >= 0.6 is 0 Å². The van der Waals surface area contributed by atoms with Gasteiger partial charge in [-0.25, -0.2) is 0 Å². The molecule has 152 valence electrons. The third-order valence-electron chi connectivity index (χ3n) is 5.30. The van der Waals surface area contributed by atoms with E-state index in [4.69, 9.17) is 14.2 Å². The maximum atomic E-state index is 12.5. The van der Waals surface area contributed by atoms with E-state index < -0.39 is 17.3 Å². The van der Waals surface area contributed by atoms with Gasteiger partial charge in [-0.15, -0.1) is 0 Å². The van der Waals surface area contributed by atoms with Crippen LogP contribution in [-0.4, -0.2) is 35.9 Å². The first-order valence-corrected chi connectivity index (χ1v) is 10.1. The Morgan fingerprint density at radius 1 is 1.00 bits per heavy atom. The highest BCUT2D eigenvalue weighted by Crippen LogP contribution is 2.46. The van der Waals surface area contributed by atoms with Crippen molar-refractivity contribution in [3.05, 3.63) is 0 Å². The van der Waals surface area contributed by atoms with Crippen LogP contribution in [0.25, 0.3) is 0 Å². The molecule has 0 heterocycles. The summed E-state index contributed by atoms with van der Waals surface area (Å²) in [6.07, 6.45) is 2.57. The molecule has 0 aromatic rings. The predicted molar refractivity (Wildman–Crippen MR) is 102 cm³/mol. The van der Waals surface area contributed by atoms with Gasteiger partial charge in [0.1, 0.15) is 11.2 Å². The SMILES string of the molecule is CCCOC1(C(C)C)CCCC(C)(OC(=O)C(C)C)C1OC(=O)C(C)C. The van der Waals surface area contributed by atoms with Crippen LogP contribution < -0.4 is 0 Å². The summed E-state index contributed by atoms with van der Waals surface area (Å²) in [5.74, 6) is -0.920. The van der Waals surface area contributed by atoms with Crippen LogP contribution in [0.3, 0.4) is 0 Å². The average Bonchev–Trinajstić information content (AvgIpc) is 2.54. The zero-order valence-electron chi connectivity index (χ0n) is 17.9. The molecule has 5 nitrogen and oxygen atoms in total. The number of rotatable bonds is 8. The molecular formula is C21H38O5. The highest BCUT2D eigenvalue weighted by atomic mass is 16.6. The lowest BCUT2D eigenvalue weighted by Gasteiger charge is -2.53. The van der Waals surface area contributed by atoms with Gasteiger partial charge in [0, 0.05) is 6.61 Å². The summed E-state index contributed by atoms with van der Waals surface area (Å²) in [7, 11) is 0. The number of hydrogen-bond donors (Lipinski definition) is 0. The number of esters is 2. The summed E-state index contributed by atoms with van der Waals surface area (Å²) in [6, 6.07) is 0. The van der Waals surface area contributed by atoms with Crippen molar-refractivity contribution in [2.24, 2.45) is 17.8 Å². The molecule has 0 aromatic carbocycles. The second-order valence-corrected chi connectivity index (χ2v) is 8.67. The van der Waals surface area contributed by atoms with Crippen molar-refractivity contribution in [3.8, 4) is 0 Å². The van der Waals surface area contributed by atoms with Crippen molar-refractivity contribution in [2.75, 3.05) is 6.61 Å². The smallest absolute Gasteiger partial charge is 0.309 e. The Morgan fingerprint density at radius 2 is 1.58 bits per heavy atom. The van der Waals surface area contributed by atoms with Gasteiger partial charge in [0.25, 0.3) is 0 Å². The average molecular weight is 371 g/mol. The minimum Gasteiger partial charge on any atom is -0.455 e. The van der Waals surface area contributed by atoms with E-state index in [1.54, 1.807) is 0 Å². The second-order valence-electron chi connectivity index (χ2n) is 8.67. The van der Waals surface area contributed by atoms with Crippen LogP contribution in [0, 0.1) is 17.8 Å². The van der Waals surface area contributed by atoms with Crippen LogP contribution in [0.1, 0.15) is 81.1 Å². The van der Waals surface area contributed by atoms with Crippen molar-refractivity contribution in [2.45, 2.75) is 98.4 Å². The largest absolute Gasteiger partial charge is 0.455 e. The molecule has 1 saturated carbocycles. The number of carbonyl (C=O) groups excluding carboxylic acids is 2. The Hall–Kier alpha value is -1.10. The first kappa shape index (κ1) is 22.9. The Kier molecular flexibility index (Phi) is 8.12. The maximum Gasteiger partial charge on any atom is 0.309 e. The lowest BCUT2D eigenvalue weighted by Crippen LogP contribution is -2.65.